The average Bonchev–Trinajstić information content (AvgIpc) is 2.89. The molecule has 0 saturated heterocycles. The summed E-state index contributed by atoms with van der Waals surface area (Å²) in [5.41, 5.74) is 2.11. The molecule has 0 bridgehead atoms. The van der Waals surface area contributed by atoms with Gasteiger partial charge in [0.2, 0.25) is 0 Å². The number of nitrogens with one attached hydrogen (secondary N) is 1. The third-order valence-corrected chi connectivity index (χ3v) is 3.49. The lowest BCUT2D eigenvalue weighted by Crippen LogP contribution is -1.77. The molecule has 3 aromatic rings. The Morgan fingerprint density at radius 1 is 0.833 bits per heavy atom. The zero-order valence-electron chi connectivity index (χ0n) is 9.71. The van der Waals surface area contributed by atoms with Crippen molar-refractivity contribution >= 4 is 11.8 Å². The van der Waals surface area contributed by atoms with Gasteiger partial charge < -0.3 is 4.98 Å². The fourth-order valence-corrected chi connectivity index (χ4v) is 2.49. The third-order valence-electron chi connectivity index (χ3n) is 2.58. The van der Waals surface area contributed by atoms with Crippen LogP contribution in [0.15, 0.2) is 76.9 Å². The fourth-order valence-electron chi connectivity index (χ4n) is 1.71. The monoisotopic (exact) mass is 252 g/mol. The summed E-state index contributed by atoms with van der Waals surface area (Å²) in [6, 6.07) is 20.4. The minimum atomic E-state index is 0.917. The molecule has 0 aliphatic carbocycles. The maximum absolute atomic E-state index is 4.58. The van der Waals surface area contributed by atoms with Gasteiger partial charge in [0.25, 0.3) is 0 Å². The second kappa shape index (κ2) is 5.10. The molecule has 88 valence electrons. The molecule has 0 radical (unpaired) electrons. The lowest BCUT2D eigenvalue weighted by molar-refractivity contribution is 1.06. The van der Waals surface area contributed by atoms with Gasteiger partial charge in [-0.05, 0) is 12.1 Å². The van der Waals surface area contributed by atoms with Crippen molar-refractivity contribution in [2.24, 2.45) is 0 Å². The number of H-pyrrole nitrogens is 1. The van der Waals surface area contributed by atoms with Crippen molar-refractivity contribution in [3.8, 4) is 11.3 Å². The van der Waals surface area contributed by atoms with E-state index in [9.17, 15) is 0 Å². The Balaban J connectivity index is 1.82. The summed E-state index contributed by atoms with van der Waals surface area (Å²) in [4.78, 5) is 8.97. The first kappa shape index (κ1) is 11.1. The Hall–Kier alpha value is -2.00. The number of imidazole rings is 1. The van der Waals surface area contributed by atoms with Crippen LogP contribution in [-0.2, 0) is 0 Å². The number of aromatic nitrogens is 2. The van der Waals surface area contributed by atoms with E-state index in [2.05, 4.69) is 34.2 Å². The van der Waals surface area contributed by atoms with Crippen molar-refractivity contribution in [1.29, 1.82) is 0 Å². The molecule has 1 N–H and O–H groups in total. The first-order valence-corrected chi connectivity index (χ1v) is 6.57. The maximum atomic E-state index is 4.58. The third kappa shape index (κ3) is 2.46. The van der Waals surface area contributed by atoms with Crippen LogP contribution in [0, 0.1) is 0 Å². The molecule has 18 heavy (non-hydrogen) atoms. The standard InChI is InChI=1S/C15H12N2S/c1-3-7-12(8-4-1)14-11-16-15(17-14)18-13-9-5-2-6-10-13/h1-11H,(H,16,17). The van der Waals surface area contributed by atoms with Crippen molar-refractivity contribution in [2.75, 3.05) is 0 Å². The first-order chi connectivity index (χ1) is 8.92. The van der Waals surface area contributed by atoms with Crippen molar-refractivity contribution < 1.29 is 0 Å². The van der Waals surface area contributed by atoms with E-state index in [-0.39, 0.29) is 0 Å². The van der Waals surface area contributed by atoms with Gasteiger partial charge in [-0.25, -0.2) is 4.98 Å². The van der Waals surface area contributed by atoms with Crippen LogP contribution in [0.4, 0.5) is 0 Å². The molecule has 0 aliphatic heterocycles. The highest BCUT2D eigenvalue weighted by Crippen LogP contribution is 2.26. The van der Waals surface area contributed by atoms with E-state index in [0.717, 1.165) is 16.4 Å². The van der Waals surface area contributed by atoms with Crippen LogP contribution in [0.3, 0.4) is 0 Å². The average molecular weight is 252 g/mol. The van der Waals surface area contributed by atoms with Gasteiger partial charge in [0.15, 0.2) is 5.16 Å². The van der Waals surface area contributed by atoms with Crippen molar-refractivity contribution in [1.82, 2.24) is 9.97 Å². The number of hydrogen-bond acceptors (Lipinski definition) is 2. The Kier molecular flexibility index (Phi) is 3.15. The number of rotatable bonds is 3. The van der Waals surface area contributed by atoms with Crippen molar-refractivity contribution in [3.05, 3.63) is 66.9 Å². The van der Waals surface area contributed by atoms with Crippen LogP contribution in [0.2, 0.25) is 0 Å². The van der Waals surface area contributed by atoms with Gasteiger partial charge >= 0.3 is 0 Å². The highest BCUT2D eigenvalue weighted by atomic mass is 32.2. The maximum Gasteiger partial charge on any atom is 0.170 e. The molecule has 3 rings (SSSR count). The minimum absolute atomic E-state index is 0.917. The van der Waals surface area contributed by atoms with Gasteiger partial charge in [-0.15, -0.1) is 0 Å². The quantitative estimate of drug-likeness (QED) is 0.755. The lowest BCUT2D eigenvalue weighted by Gasteiger charge is -1.96. The van der Waals surface area contributed by atoms with E-state index in [1.807, 2.05) is 42.6 Å². The van der Waals surface area contributed by atoms with E-state index < -0.39 is 0 Å². The van der Waals surface area contributed by atoms with E-state index in [4.69, 9.17) is 0 Å². The summed E-state index contributed by atoms with van der Waals surface area (Å²) in [6.07, 6.45) is 1.95. The predicted molar refractivity (Wildman–Crippen MR) is 74.6 cm³/mol. The highest BCUT2D eigenvalue weighted by Gasteiger charge is 2.04. The SMILES string of the molecule is c1ccc(Sc2nc(-c3ccccc3)c[nH]2)cc1. The normalized spacial score (nSPS) is 10.4. The molecule has 0 aliphatic rings. The molecule has 1 heterocycles. The molecule has 3 heteroatoms. The smallest absolute Gasteiger partial charge is 0.170 e. The summed E-state index contributed by atoms with van der Waals surface area (Å²) in [5, 5.41) is 0.917. The van der Waals surface area contributed by atoms with Crippen LogP contribution in [0.25, 0.3) is 11.3 Å². The molecule has 0 fully saturated rings. The molecule has 0 unspecified atom stereocenters. The molecular weight excluding hydrogens is 240 g/mol. The summed E-state index contributed by atoms with van der Waals surface area (Å²) in [7, 11) is 0. The Morgan fingerprint density at radius 2 is 1.50 bits per heavy atom. The number of nitrogens with zero attached hydrogens (tertiary/aromatic N) is 1. The summed E-state index contributed by atoms with van der Waals surface area (Å²) >= 11 is 1.64. The van der Waals surface area contributed by atoms with Crippen LogP contribution < -0.4 is 0 Å². The zero-order chi connectivity index (χ0) is 12.2. The topological polar surface area (TPSA) is 28.7 Å². The van der Waals surface area contributed by atoms with Gasteiger partial charge in [-0.1, -0.05) is 60.3 Å². The highest BCUT2D eigenvalue weighted by molar-refractivity contribution is 7.99. The van der Waals surface area contributed by atoms with Gasteiger partial charge in [0.1, 0.15) is 0 Å². The molecule has 2 aromatic carbocycles. The van der Waals surface area contributed by atoms with Crippen LogP contribution in [-0.4, -0.2) is 9.97 Å². The molecule has 2 nitrogen and oxygen atoms in total. The second-order valence-electron chi connectivity index (χ2n) is 3.87. The predicted octanol–water partition coefficient (Wildman–Crippen LogP) is 4.23. The van der Waals surface area contributed by atoms with E-state index >= 15 is 0 Å². The molecule has 1 aromatic heterocycles. The van der Waals surface area contributed by atoms with Crippen LogP contribution in [0.1, 0.15) is 0 Å². The van der Waals surface area contributed by atoms with E-state index in [0.29, 0.717) is 0 Å². The Bertz CT molecular complexity index is 617. The van der Waals surface area contributed by atoms with Gasteiger partial charge in [-0.2, -0.15) is 0 Å². The Morgan fingerprint density at radius 3 is 2.22 bits per heavy atom. The molecule has 0 amide bonds. The number of hydrogen-bond donors (Lipinski definition) is 1. The largest absolute Gasteiger partial charge is 0.339 e. The van der Waals surface area contributed by atoms with Crippen molar-refractivity contribution in [2.45, 2.75) is 10.1 Å². The number of aromatic amines is 1. The molecule has 0 atom stereocenters. The van der Waals surface area contributed by atoms with Gasteiger partial charge in [-0.3, -0.25) is 0 Å². The van der Waals surface area contributed by atoms with Gasteiger partial charge in [0, 0.05) is 16.7 Å². The second-order valence-corrected chi connectivity index (χ2v) is 4.93. The molecular formula is C15H12N2S. The Labute approximate surface area is 110 Å². The first-order valence-electron chi connectivity index (χ1n) is 5.75. The summed E-state index contributed by atoms with van der Waals surface area (Å²) in [6.45, 7) is 0. The molecule has 0 saturated carbocycles. The summed E-state index contributed by atoms with van der Waals surface area (Å²) in [5.74, 6) is 0. The number of benzene rings is 2. The van der Waals surface area contributed by atoms with Crippen LogP contribution >= 0.6 is 11.8 Å². The zero-order valence-corrected chi connectivity index (χ0v) is 10.5. The fraction of sp³-hybridized carbons (Fsp3) is 0. The molecule has 0 spiro atoms. The van der Waals surface area contributed by atoms with E-state index in [1.165, 1.54) is 4.90 Å². The van der Waals surface area contributed by atoms with Gasteiger partial charge in [0.05, 0.1) is 5.69 Å². The minimum Gasteiger partial charge on any atom is -0.339 e. The summed E-state index contributed by atoms with van der Waals surface area (Å²) < 4.78 is 0. The van der Waals surface area contributed by atoms with E-state index in [1.54, 1.807) is 11.8 Å². The lowest BCUT2D eigenvalue weighted by atomic mass is 10.2. The van der Waals surface area contributed by atoms with Crippen LogP contribution in [0.5, 0.6) is 0 Å². The van der Waals surface area contributed by atoms with Crippen molar-refractivity contribution in [3.63, 3.8) is 0 Å².